The number of halogens is 1. The summed E-state index contributed by atoms with van der Waals surface area (Å²) in [6, 6.07) is 8.70. The maximum absolute atomic E-state index is 14.2. The van der Waals surface area contributed by atoms with Crippen molar-refractivity contribution in [2.24, 2.45) is 11.3 Å². The lowest BCUT2D eigenvalue weighted by atomic mass is 9.72. The van der Waals surface area contributed by atoms with Gasteiger partial charge in [-0.25, -0.2) is 9.29 Å². The van der Waals surface area contributed by atoms with Gasteiger partial charge in [-0.3, -0.25) is 0 Å². The maximum Gasteiger partial charge on any atom is 0.525 e. The van der Waals surface area contributed by atoms with Crippen molar-refractivity contribution in [3.63, 3.8) is 0 Å². The molecule has 0 bridgehead atoms. The first kappa shape index (κ1) is 25.7. The molecule has 2 spiro atoms. The average molecular weight is 568 g/mol. The first-order valence-electron chi connectivity index (χ1n) is 14.9. The second-order valence-electron chi connectivity index (χ2n) is 13.0. The van der Waals surface area contributed by atoms with Gasteiger partial charge >= 0.3 is 17.9 Å². The number of aryl methyl sites for hydroxylation is 1. The number of benzene rings is 1. The van der Waals surface area contributed by atoms with E-state index in [9.17, 15) is 14.9 Å². The normalized spacial score (nSPS) is 31.6. The lowest BCUT2D eigenvalue weighted by Gasteiger charge is -2.45. The first-order valence-corrected chi connectivity index (χ1v) is 14.9. The van der Waals surface area contributed by atoms with Crippen molar-refractivity contribution in [1.29, 1.82) is 10.5 Å². The Kier molecular flexibility index (Phi) is 5.51. The number of aromatic nitrogens is 2. The lowest BCUT2D eigenvalue weighted by Crippen LogP contribution is -2.51. The van der Waals surface area contributed by atoms with Crippen LogP contribution < -0.4 is 15.4 Å². The molecular weight excluding hydrogens is 535 g/mol. The molecule has 2 N–H and O–H groups in total. The van der Waals surface area contributed by atoms with Crippen LogP contribution in [0, 0.1) is 40.3 Å². The van der Waals surface area contributed by atoms with Gasteiger partial charge in [0, 0.05) is 61.2 Å². The molecule has 4 fully saturated rings. The van der Waals surface area contributed by atoms with E-state index < -0.39 is 17.4 Å². The van der Waals surface area contributed by atoms with Gasteiger partial charge < -0.3 is 20.1 Å². The Hall–Kier alpha value is -3.98. The van der Waals surface area contributed by atoms with E-state index >= 15 is 0 Å². The fraction of sp³-hybridized carbons (Fsp3) is 0.581. The minimum atomic E-state index is -0.900. The van der Waals surface area contributed by atoms with E-state index in [-0.39, 0.29) is 17.3 Å². The third-order valence-electron chi connectivity index (χ3n) is 10.5. The molecule has 4 atom stereocenters. The summed E-state index contributed by atoms with van der Waals surface area (Å²) in [5.41, 5.74) is 9.59. The summed E-state index contributed by atoms with van der Waals surface area (Å²) in [4.78, 5) is 18.5. The summed E-state index contributed by atoms with van der Waals surface area (Å²) in [5.74, 6) is 0.838. The minimum absolute atomic E-state index is 0.0515. The molecule has 1 aromatic carbocycles. The number of nitrogens with zero attached hydrogens (tertiary/aromatic N) is 7. The number of anilines is 2. The third kappa shape index (κ3) is 3.72. The molecule has 2 aliphatic carbocycles. The van der Waals surface area contributed by atoms with Crippen molar-refractivity contribution in [2.45, 2.75) is 75.4 Å². The van der Waals surface area contributed by atoms with Crippen LogP contribution in [0.5, 0.6) is 6.01 Å². The van der Waals surface area contributed by atoms with E-state index in [1.165, 1.54) is 0 Å². The van der Waals surface area contributed by atoms with Gasteiger partial charge in [0.2, 0.25) is 0 Å². The lowest BCUT2D eigenvalue weighted by molar-refractivity contribution is -0.0856. The molecule has 42 heavy (non-hydrogen) atoms. The molecule has 2 aromatic rings. The monoisotopic (exact) mass is 567 g/mol. The molecule has 0 radical (unpaired) electrons. The molecule has 2 unspecified atom stereocenters. The number of nitriles is 2. The molecule has 10 nitrogen and oxygen atoms in total. The zero-order chi connectivity index (χ0) is 28.7. The number of rotatable bonds is 2. The third-order valence-corrected chi connectivity index (χ3v) is 10.5. The summed E-state index contributed by atoms with van der Waals surface area (Å²) in [6.07, 6.45) is 7.84. The fourth-order valence-corrected chi connectivity index (χ4v) is 8.28. The number of nitrogen functional groups attached to an aromatic ring is 1. The van der Waals surface area contributed by atoms with Gasteiger partial charge in [-0.1, -0.05) is 6.07 Å². The Morgan fingerprint density at radius 1 is 1.17 bits per heavy atom. The average Bonchev–Trinajstić information content (AvgIpc) is 3.47. The van der Waals surface area contributed by atoms with Crippen molar-refractivity contribution in [3.8, 4) is 24.4 Å². The molecule has 1 saturated carbocycles. The Bertz CT molecular complexity index is 1650. The molecule has 3 saturated heterocycles. The molecule has 11 heteroatoms. The zero-order valence-electron chi connectivity index (χ0n) is 23.4. The Labute approximate surface area is 243 Å². The minimum Gasteiger partial charge on any atom is -0.398 e. The standard InChI is InChI=1S/C31H32FN8O2/c32-21-10-31(7-2-8-40(31)14-21)36-18-41-28-37-25-11-30(6-1-3-19-4-5-24(35)22(13-34)26(19)30)42-15-23(25)27(38-28)39-16-29(17-39)9-20(29)12-33/h4-5,20-21H,1-3,6-11,14-17,35H2/q+1/t20?,21-,30+,31?/m1/s1. The highest BCUT2D eigenvalue weighted by Gasteiger charge is 2.63. The van der Waals surface area contributed by atoms with Crippen LogP contribution in [0.2, 0.25) is 0 Å². The summed E-state index contributed by atoms with van der Waals surface area (Å²) in [7, 11) is 0. The van der Waals surface area contributed by atoms with Crippen molar-refractivity contribution in [1.82, 2.24) is 14.9 Å². The van der Waals surface area contributed by atoms with E-state index in [1.54, 1.807) is 6.07 Å². The smallest absolute Gasteiger partial charge is 0.398 e. The van der Waals surface area contributed by atoms with Gasteiger partial charge in [-0.2, -0.15) is 20.5 Å². The summed E-state index contributed by atoms with van der Waals surface area (Å²) < 4.78 is 26.8. The molecular formula is C31H32FN8O2+. The van der Waals surface area contributed by atoms with Crippen LogP contribution in [0.25, 0.3) is 4.85 Å². The van der Waals surface area contributed by atoms with Crippen LogP contribution in [0.15, 0.2) is 12.1 Å². The van der Waals surface area contributed by atoms with Crippen LogP contribution in [-0.2, 0) is 29.8 Å². The molecule has 4 aliphatic heterocycles. The van der Waals surface area contributed by atoms with Gasteiger partial charge in [-0.15, -0.1) is 0 Å². The molecule has 8 rings (SSSR count). The number of fused-ring (bicyclic) bond motifs is 4. The predicted octanol–water partition coefficient (Wildman–Crippen LogP) is 3.79. The number of alkyl halides is 1. The molecule has 5 heterocycles. The molecule has 0 amide bonds. The Morgan fingerprint density at radius 2 is 2.05 bits per heavy atom. The van der Waals surface area contributed by atoms with E-state index in [2.05, 4.69) is 33.0 Å². The number of nitrogens with two attached hydrogens (primary N) is 1. The molecule has 6 aliphatic rings. The fourth-order valence-electron chi connectivity index (χ4n) is 8.28. The Morgan fingerprint density at radius 3 is 2.86 bits per heavy atom. The zero-order valence-corrected chi connectivity index (χ0v) is 23.4. The molecule has 1 aromatic heterocycles. The highest BCUT2D eigenvalue weighted by atomic mass is 19.1. The van der Waals surface area contributed by atoms with Crippen molar-refractivity contribution < 1.29 is 13.9 Å². The Balaban J connectivity index is 1.16. The van der Waals surface area contributed by atoms with Gasteiger partial charge in [0.05, 0.1) is 36.3 Å². The van der Waals surface area contributed by atoms with Crippen molar-refractivity contribution >= 4 is 11.5 Å². The SMILES string of the molecule is N#Cc1c(N)ccc2c1[C@]1(CCC2)Cc2nc(OC#[N+]C34CCCN3C[C@H](F)C4)nc(N3CC4(CC4C#N)C3)c2CO1. The number of hydrogen-bond donors (Lipinski definition) is 1. The number of ether oxygens (including phenoxy) is 2. The second kappa shape index (κ2) is 9.01. The van der Waals surface area contributed by atoms with Gasteiger partial charge in [0.15, 0.2) is 0 Å². The summed E-state index contributed by atoms with van der Waals surface area (Å²) in [5, 5.41) is 19.5. The number of hydrogen-bond acceptors (Lipinski definition) is 9. The highest BCUT2D eigenvalue weighted by Crippen LogP contribution is 2.59. The topological polar surface area (TPSA) is 129 Å². The first-order chi connectivity index (χ1) is 20.4. The van der Waals surface area contributed by atoms with Crippen molar-refractivity contribution in [3.05, 3.63) is 44.9 Å². The van der Waals surface area contributed by atoms with Crippen LogP contribution in [0.1, 0.15) is 66.5 Å². The largest absolute Gasteiger partial charge is 0.525 e. The predicted molar refractivity (Wildman–Crippen MR) is 150 cm³/mol. The maximum atomic E-state index is 14.2. The van der Waals surface area contributed by atoms with Crippen LogP contribution >= 0.6 is 0 Å². The van der Waals surface area contributed by atoms with E-state index in [0.717, 1.165) is 86.4 Å². The van der Waals surface area contributed by atoms with Crippen LogP contribution in [0.3, 0.4) is 0 Å². The van der Waals surface area contributed by atoms with E-state index in [0.29, 0.717) is 37.2 Å². The van der Waals surface area contributed by atoms with Crippen LogP contribution in [-0.4, -0.2) is 52.9 Å². The highest BCUT2D eigenvalue weighted by molar-refractivity contribution is 5.64. The van der Waals surface area contributed by atoms with E-state index in [1.807, 2.05) is 6.07 Å². The van der Waals surface area contributed by atoms with Gasteiger partial charge in [-0.05, 0) is 48.6 Å². The van der Waals surface area contributed by atoms with Crippen molar-refractivity contribution in [2.75, 3.05) is 36.8 Å². The quantitative estimate of drug-likeness (QED) is 0.426. The van der Waals surface area contributed by atoms with E-state index in [4.69, 9.17) is 25.2 Å². The van der Waals surface area contributed by atoms with Crippen LogP contribution in [0.4, 0.5) is 15.9 Å². The second-order valence-corrected chi connectivity index (χ2v) is 13.0. The van der Waals surface area contributed by atoms with Gasteiger partial charge in [0.25, 0.3) is 0 Å². The van der Waals surface area contributed by atoms with Gasteiger partial charge in [0.1, 0.15) is 23.7 Å². The molecule has 214 valence electrons. The summed E-state index contributed by atoms with van der Waals surface area (Å²) in [6.45, 7) is 3.02. The summed E-state index contributed by atoms with van der Waals surface area (Å²) >= 11 is 0.